The molecular weight excluding hydrogens is 566 g/mol. The summed E-state index contributed by atoms with van der Waals surface area (Å²) in [6.45, 7) is 8.52. The van der Waals surface area contributed by atoms with Crippen LogP contribution < -0.4 is 15.4 Å². The molecule has 1 amide bonds. The number of nitrogens with one attached hydrogen (secondary N) is 2. The van der Waals surface area contributed by atoms with Gasteiger partial charge in [0.1, 0.15) is 18.4 Å². The van der Waals surface area contributed by atoms with Crippen LogP contribution in [0.15, 0.2) is 113 Å². The van der Waals surface area contributed by atoms with Gasteiger partial charge in [-0.1, -0.05) is 96.2 Å². The lowest BCUT2D eigenvalue weighted by atomic mass is 9.94. The van der Waals surface area contributed by atoms with Crippen LogP contribution in [0.4, 0.5) is 11.6 Å². The number of aromatic nitrogens is 3. The number of thioether (sulfide) groups is 1. The van der Waals surface area contributed by atoms with E-state index in [1.807, 2.05) is 86.1 Å². The highest BCUT2D eigenvalue weighted by Gasteiger charge is 2.34. The van der Waals surface area contributed by atoms with Gasteiger partial charge in [0.15, 0.2) is 0 Å². The molecule has 5 aromatic rings. The minimum Gasteiger partial charge on any atom is -0.489 e. The fraction of sp³-hybridized carbons (Fsp3) is 0.194. The lowest BCUT2D eigenvalue weighted by Crippen LogP contribution is -2.31. The summed E-state index contributed by atoms with van der Waals surface area (Å²) in [5.41, 5.74) is 8.68. The van der Waals surface area contributed by atoms with Crippen molar-refractivity contribution in [3.8, 4) is 5.75 Å². The number of carbonyl (C=O) groups excluding carboxylic acids is 1. The van der Waals surface area contributed by atoms with Crippen molar-refractivity contribution in [1.29, 1.82) is 0 Å². The molecule has 1 unspecified atom stereocenters. The minimum atomic E-state index is -0.485. The monoisotopic (exact) mass is 601 g/mol. The molecule has 6 rings (SSSR count). The normalized spacial score (nSPS) is 14.1. The molecule has 0 fully saturated rings. The van der Waals surface area contributed by atoms with Gasteiger partial charge < -0.3 is 15.4 Å². The van der Waals surface area contributed by atoms with Gasteiger partial charge in [-0.2, -0.15) is 4.98 Å². The van der Waals surface area contributed by atoms with Gasteiger partial charge in [-0.25, -0.2) is 4.68 Å². The molecule has 222 valence electrons. The Hall–Kier alpha value is -4.82. The number of hydrogen-bond acceptors (Lipinski definition) is 6. The highest BCUT2D eigenvalue weighted by Crippen LogP contribution is 2.38. The number of fused-ring (bicyclic) bond motifs is 1. The van der Waals surface area contributed by atoms with E-state index in [9.17, 15) is 4.79 Å². The first kappa shape index (κ1) is 29.3. The van der Waals surface area contributed by atoms with Crippen LogP contribution in [0.1, 0.15) is 46.3 Å². The van der Waals surface area contributed by atoms with Crippen molar-refractivity contribution in [3.05, 3.63) is 142 Å². The number of hydrogen-bond donors (Lipinski definition) is 2. The standard InChI is InChI=1S/C36H35N5O2S/c1-23-13-15-27(16-14-23)21-43-30-19-17-29(18-20-30)33-32(34(42)38-31-12-8-9-24(2)25(31)3)26(4)37-35-39-36(40-41(33)35)44-22-28-10-6-5-7-11-28/h5-20,33H,21-22H2,1-4H3,(H,38,42)(H,37,39,40). The second kappa shape index (κ2) is 12.8. The van der Waals surface area contributed by atoms with Gasteiger partial charge in [-0.05, 0) is 73.7 Å². The molecule has 1 atom stereocenters. The van der Waals surface area contributed by atoms with Crippen molar-refractivity contribution in [2.75, 3.05) is 10.6 Å². The van der Waals surface area contributed by atoms with Crippen LogP contribution in [-0.4, -0.2) is 20.7 Å². The molecule has 4 aromatic carbocycles. The van der Waals surface area contributed by atoms with E-state index in [2.05, 4.69) is 54.0 Å². The lowest BCUT2D eigenvalue weighted by Gasteiger charge is -2.29. The van der Waals surface area contributed by atoms with Crippen LogP contribution in [0, 0.1) is 20.8 Å². The zero-order chi connectivity index (χ0) is 30.6. The molecule has 0 bridgehead atoms. The smallest absolute Gasteiger partial charge is 0.255 e. The molecular formula is C36H35N5O2S. The number of anilines is 2. The van der Waals surface area contributed by atoms with Gasteiger partial charge in [0, 0.05) is 17.1 Å². The molecule has 0 saturated heterocycles. The van der Waals surface area contributed by atoms with Gasteiger partial charge in [0.2, 0.25) is 11.1 Å². The van der Waals surface area contributed by atoms with Crippen LogP contribution in [0.25, 0.3) is 0 Å². The fourth-order valence-corrected chi connectivity index (χ4v) is 5.98. The Labute approximate surface area is 262 Å². The number of ether oxygens (including phenoxy) is 1. The fourth-order valence-electron chi connectivity index (χ4n) is 5.19. The van der Waals surface area contributed by atoms with Crippen LogP contribution >= 0.6 is 11.8 Å². The maximum Gasteiger partial charge on any atom is 0.255 e. The molecule has 8 heteroatoms. The van der Waals surface area contributed by atoms with Crippen molar-refractivity contribution in [1.82, 2.24) is 14.8 Å². The SMILES string of the molecule is CC1=C(C(=O)Nc2cccc(C)c2C)C(c2ccc(OCc3ccc(C)cc3)cc2)n2nc(SCc3ccccc3)nc2N1. The first-order chi connectivity index (χ1) is 21.4. The number of rotatable bonds is 9. The van der Waals surface area contributed by atoms with Gasteiger partial charge in [0.05, 0.1) is 5.57 Å². The van der Waals surface area contributed by atoms with Gasteiger partial charge in [-0.3, -0.25) is 4.79 Å². The van der Waals surface area contributed by atoms with Crippen molar-refractivity contribution < 1.29 is 9.53 Å². The number of aryl methyl sites for hydroxylation is 2. The van der Waals surface area contributed by atoms with Gasteiger partial charge in [-0.15, -0.1) is 5.10 Å². The van der Waals surface area contributed by atoms with Crippen LogP contribution in [0.5, 0.6) is 5.75 Å². The average Bonchev–Trinajstić information content (AvgIpc) is 3.44. The molecule has 0 radical (unpaired) electrons. The van der Waals surface area contributed by atoms with E-state index in [4.69, 9.17) is 14.8 Å². The third-order valence-corrected chi connectivity index (χ3v) is 8.77. The molecule has 2 heterocycles. The van der Waals surface area contributed by atoms with Crippen LogP contribution in [-0.2, 0) is 17.2 Å². The first-order valence-corrected chi connectivity index (χ1v) is 15.6. The zero-order valence-electron chi connectivity index (χ0n) is 25.3. The van der Waals surface area contributed by atoms with E-state index in [0.29, 0.717) is 23.3 Å². The van der Waals surface area contributed by atoms with E-state index < -0.39 is 6.04 Å². The predicted molar refractivity (Wildman–Crippen MR) is 177 cm³/mol. The number of amides is 1. The van der Waals surface area contributed by atoms with Gasteiger partial charge >= 0.3 is 0 Å². The Balaban J connectivity index is 1.30. The molecule has 1 aromatic heterocycles. The van der Waals surface area contributed by atoms with Crippen molar-refractivity contribution in [3.63, 3.8) is 0 Å². The maximum absolute atomic E-state index is 14.0. The third-order valence-electron chi connectivity index (χ3n) is 7.86. The minimum absolute atomic E-state index is 0.187. The highest BCUT2D eigenvalue weighted by atomic mass is 32.2. The predicted octanol–water partition coefficient (Wildman–Crippen LogP) is 8.00. The lowest BCUT2D eigenvalue weighted by molar-refractivity contribution is -0.113. The molecule has 0 aliphatic carbocycles. The Morgan fingerprint density at radius 2 is 1.64 bits per heavy atom. The highest BCUT2D eigenvalue weighted by molar-refractivity contribution is 7.98. The summed E-state index contributed by atoms with van der Waals surface area (Å²) >= 11 is 1.57. The molecule has 0 saturated carbocycles. The summed E-state index contributed by atoms with van der Waals surface area (Å²) < 4.78 is 7.90. The molecule has 0 spiro atoms. The molecule has 7 nitrogen and oxygen atoms in total. The summed E-state index contributed by atoms with van der Waals surface area (Å²) in [6, 6.07) is 31.9. The average molecular weight is 602 g/mol. The Morgan fingerprint density at radius 3 is 2.39 bits per heavy atom. The molecule has 2 N–H and O–H groups in total. The third kappa shape index (κ3) is 6.40. The van der Waals surface area contributed by atoms with Crippen molar-refractivity contribution in [2.45, 2.75) is 51.3 Å². The van der Waals surface area contributed by atoms with Crippen molar-refractivity contribution in [2.24, 2.45) is 0 Å². The summed E-state index contributed by atoms with van der Waals surface area (Å²) in [5, 5.41) is 12.0. The summed E-state index contributed by atoms with van der Waals surface area (Å²) in [7, 11) is 0. The Morgan fingerprint density at radius 1 is 0.886 bits per heavy atom. The van der Waals surface area contributed by atoms with E-state index in [-0.39, 0.29) is 5.91 Å². The number of allylic oxidation sites excluding steroid dienone is 1. The number of nitrogens with zero attached hydrogens (tertiary/aromatic N) is 3. The number of carbonyl (C=O) groups is 1. The van der Waals surface area contributed by atoms with Crippen LogP contribution in [0.2, 0.25) is 0 Å². The molecule has 44 heavy (non-hydrogen) atoms. The van der Waals surface area contributed by atoms with Crippen LogP contribution in [0.3, 0.4) is 0 Å². The Kier molecular flexibility index (Phi) is 8.52. The largest absolute Gasteiger partial charge is 0.489 e. The second-order valence-corrected chi connectivity index (χ2v) is 12.0. The topological polar surface area (TPSA) is 81.1 Å². The van der Waals surface area contributed by atoms with Crippen molar-refractivity contribution >= 4 is 29.3 Å². The maximum atomic E-state index is 14.0. The van der Waals surface area contributed by atoms with E-state index >= 15 is 0 Å². The molecule has 1 aliphatic rings. The van der Waals surface area contributed by atoms with E-state index in [1.54, 1.807) is 11.8 Å². The van der Waals surface area contributed by atoms with Gasteiger partial charge in [0.25, 0.3) is 5.91 Å². The summed E-state index contributed by atoms with van der Waals surface area (Å²) in [6.07, 6.45) is 0. The first-order valence-electron chi connectivity index (χ1n) is 14.6. The van der Waals surface area contributed by atoms with E-state index in [1.165, 1.54) is 11.1 Å². The number of benzene rings is 4. The zero-order valence-corrected chi connectivity index (χ0v) is 26.1. The Bertz CT molecular complexity index is 1810. The quantitative estimate of drug-likeness (QED) is 0.167. The summed E-state index contributed by atoms with van der Waals surface area (Å²) in [5.74, 6) is 1.91. The molecule has 1 aliphatic heterocycles. The second-order valence-electron chi connectivity index (χ2n) is 11.0. The van der Waals surface area contributed by atoms with E-state index in [0.717, 1.165) is 45.1 Å². The summed E-state index contributed by atoms with van der Waals surface area (Å²) in [4.78, 5) is 18.8.